The third-order valence-electron chi connectivity index (χ3n) is 4.22. The van der Waals surface area contributed by atoms with Gasteiger partial charge in [0.1, 0.15) is 5.75 Å². The smallest absolute Gasteiger partial charge is 0.251 e. The van der Waals surface area contributed by atoms with Crippen molar-refractivity contribution in [1.82, 2.24) is 20.2 Å². The first-order valence-corrected chi connectivity index (χ1v) is 8.80. The average Bonchev–Trinajstić information content (AvgIpc) is 3.12. The molecule has 7 nitrogen and oxygen atoms in total. The molecule has 1 atom stereocenters. The SMILES string of the molecule is COc1ccc(C)cc1NC(=O)C(C(C)C)n1nnc(-c2ccccc2)n1. The van der Waals surface area contributed by atoms with E-state index >= 15 is 0 Å². The Bertz CT molecular complexity index is 921. The third kappa shape index (κ3) is 4.13. The van der Waals surface area contributed by atoms with Gasteiger partial charge in [-0.1, -0.05) is 50.2 Å². The zero-order valence-electron chi connectivity index (χ0n) is 15.9. The molecule has 0 radical (unpaired) electrons. The highest BCUT2D eigenvalue weighted by Crippen LogP contribution is 2.27. The van der Waals surface area contributed by atoms with Gasteiger partial charge in [-0.05, 0) is 35.8 Å². The van der Waals surface area contributed by atoms with E-state index in [0.29, 0.717) is 17.3 Å². The summed E-state index contributed by atoms with van der Waals surface area (Å²) in [7, 11) is 1.57. The molecule has 3 rings (SSSR count). The summed E-state index contributed by atoms with van der Waals surface area (Å²) in [6.07, 6.45) is 0. The minimum atomic E-state index is -0.597. The van der Waals surface area contributed by atoms with Crippen molar-refractivity contribution < 1.29 is 9.53 Å². The van der Waals surface area contributed by atoms with E-state index in [0.717, 1.165) is 11.1 Å². The third-order valence-corrected chi connectivity index (χ3v) is 4.22. The average molecular weight is 365 g/mol. The van der Waals surface area contributed by atoms with Crippen LogP contribution in [0.25, 0.3) is 11.4 Å². The lowest BCUT2D eigenvalue weighted by molar-refractivity contribution is -0.121. The number of carbonyl (C=O) groups excluding carboxylic acids is 1. The van der Waals surface area contributed by atoms with Crippen LogP contribution in [-0.2, 0) is 4.79 Å². The number of rotatable bonds is 6. The topological polar surface area (TPSA) is 81.9 Å². The molecule has 0 aliphatic carbocycles. The molecule has 0 bridgehead atoms. The summed E-state index contributed by atoms with van der Waals surface area (Å²) in [4.78, 5) is 14.4. The number of nitrogens with one attached hydrogen (secondary N) is 1. The highest BCUT2D eigenvalue weighted by atomic mass is 16.5. The summed E-state index contributed by atoms with van der Waals surface area (Å²) in [5.41, 5.74) is 2.50. The Morgan fingerprint density at radius 2 is 1.89 bits per heavy atom. The number of amides is 1. The Morgan fingerprint density at radius 3 is 2.56 bits per heavy atom. The van der Waals surface area contributed by atoms with Crippen molar-refractivity contribution >= 4 is 11.6 Å². The molecule has 7 heteroatoms. The molecule has 1 N–H and O–H groups in total. The predicted octanol–water partition coefficient (Wildman–Crippen LogP) is 3.49. The van der Waals surface area contributed by atoms with Crippen LogP contribution in [0.1, 0.15) is 25.5 Å². The standard InChI is InChI=1S/C20H23N5O2/c1-13(2)18(20(26)21-16-12-14(3)10-11-17(16)27-4)25-23-19(22-24-25)15-8-6-5-7-9-15/h5-13,18H,1-4H3,(H,21,26). The molecule has 1 heterocycles. The van der Waals surface area contributed by atoms with E-state index in [-0.39, 0.29) is 11.8 Å². The van der Waals surface area contributed by atoms with Crippen LogP contribution in [0.15, 0.2) is 48.5 Å². The lowest BCUT2D eigenvalue weighted by Crippen LogP contribution is -2.31. The van der Waals surface area contributed by atoms with Crippen molar-refractivity contribution in [2.75, 3.05) is 12.4 Å². The quantitative estimate of drug-likeness (QED) is 0.723. The zero-order chi connectivity index (χ0) is 19.4. The first-order valence-electron chi connectivity index (χ1n) is 8.80. The van der Waals surface area contributed by atoms with E-state index in [4.69, 9.17) is 4.74 Å². The van der Waals surface area contributed by atoms with Gasteiger partial charge in [0.2, 0.25) is 5.82 Å². The Balaban J connectivity index is 1.87. The molecule has 1 unspecified atom stereocenters. The van der Waals surface area contributed by atoms with Crippen LogP contribution in [0, 0.1) is 12.8 Å². The Kier molecular flexibility index (Phi) is 5.49. The van der Waals surface area contributed by atoms with Gasteiger partial charge in [0.25, 0.3) is 5.91 Å². The van der Waals surface area contributed by atoms with E-state index in [2.05, 4.69) is 20.7 Å². The number of nitrogens with zero attached hydrogens (tertiary/aromatic N) is 4. The van der Waals surface area contributed by atoms with E-state index in [9.17, 15) is 4.79 Å². The molecule has 2 aromatic carbocycles. The second-order valence-corrected chi connectivity index (χ2v) is 6.68. The van der Waals surface area contributed by atoms with Gasteiger partial charge in [-0.15, -0.1) is 10.2 Å². The van der Waals surface area contributed by atoms with Gasteiger partial charge in [-0.2, -0.15) is 4.80 Å². The zero-order valence-corrected chi connectivity index (χ0v) is 15.9. The van der Waals surface area contributed by atoms with Crippen LogP contribution >= 0.6 is 0 Å². The molecule has 140 valence electrons. The van der Waals surface area contributed by atoms with Gasteiger partial charge in [-0.3, -0.25) is 4.79 Å². The molecule has 0 fully saturated rings. The number of anilines is 1. The molecule has 0 aliphatic heterocycles. The van der Waals surface area contributed by atoms with Crippen LogP contribution in [0.5, 0.6) is 5.75 Å². The van der Waals surface area contributed by atoms with E-state index < -0.39 is 6.04 Å². The summed E-state index contributed by atoms with van der Waals surface area (Å²) in [5, 5.41) is 15.6. The fraction of sp³-hybridized carbons (Fsp3) is 0.300. The number of benzene rings is 2. The maximum atomic E-state index is 13.0. The molecular weight excluding hydrogens is 342 g/mol. The molecule has 1 amide bonds. The van der Waals surface area contributed by atoms with Gasteiger partial charge in [-0.25, -0.2) is 0 Å². The van der Waals surface area contributed by atoms with Crippen LogP contribution in [0.2, 0.25) is 0 Å². The van der Waals surface area contributed by atoms with E-state index in [1.807, 2.05) is 69.3 Å². The molecule has 3 aromatic rings. The molecule has 0 spiro atoms. The molecule has 0 aliphatic rings. The first kappa shape index (κ1) is 18.6. The Morgan fingerprint density at radius 1 is 1.15 bits per heavy atom. The van der Waals surface area contributed by atoms with Crippen molar-refractivity contribution in [2.24, 2.45) is 5.92 Å². The summed E-state index contributed by atoms with van der Waals surface area (Å²) in [6.45, 7) is 5.85. The highest BCUT2D eigenvalue weighted by molar-refractivity contribution is 5.95. The van der Waals surface area contributed by atoms with Crippen LogP contribution in [0.4, 0.5) is 5.69 Å². The van der Waals surface area contributed by atoms with Gasteiger partial charge in [0.15, 0.2) is 6.04 Å². The van der Waals surface area contributed by atoms with Crippen molar-refractivity contribution in [1.29, 1.82) is 0 Å². The normalized spacial score (nSPS) is 12.0. The van der Waals surface area contributed by atoms with Crippen molar-refractivity contribution in [3.8, 4) is 17.1 Å². The first-order chi connectivity index (χ1) is 13.0. The second-order valence-electron chi connectivity index (χ2n) is 6.68. The Labute approximate surface area is 158 Å². The molecular formula is C20H23N5O2. The number of aromatic nitrogens is 4. The van der Waals surface area contributed by atoms with E-state index in [1.165, 1.54) is 4.80 Å². The molecule has 0 saturated carbocycles. The second kappa shape index (κ2) is 7.99. The monoisotopic (exact) mass is 365 g/mol. The minimum Gasteiger partial charge on any atom is -0.495 e. The minimum absolute atomic E-state index is 0.0290. The molecule has 0 saturated heterocycles. The Hall–Kier alpha value is -3.22. The summed E-state index contributed by atoms with van der Waals surface area (Å²) < 4.78 is 5.34. The number of methoxy groups -OCH3 is 1. The van der Waals surface area contributed by atoms with Gasteiger partial charge < -0.3 is 10.1 Å². The van der Waals surface area contributed by atoms with Gasteiger partial charge in [0.05, 0.1) is 12.8 Å². The van der Waals surface area contributed by atoms with Crippen LogP contribution in [-0.4, -0.2) is 33.2 Å². The summed E-state index contributed by atoms with van der Waals surface area (Å²) in [5.74, 6) is 0.847. The number of carbonyl (C=O) groups is 1. The lowest BCUT2D eigenvalue weighted by Gasteiger charge is -2.20. The van der Waals surface area contributed by atoms with Crippen LogP contribution in [0.3, 0.4) is 0 Å². The molecule has 1 aromatic heterocycles. The van der Waals surface area contributed by atoms with Crippen molar-refractivity contribution in [2.45, 2.75) is 26.8 Å². The van der Waals surface area contributed by atoms with Crippen molar-refractivity contribution in [3.05, 3.63) is 54.1 Å². The number of aryl methyl sites for hydroxylation is 1. The number of tetrazole rings is 1. The summed E-state index contributed by atoms with van der Waals surface area (Å²) >= 11 is 0. The number of ether oxygens (including phenoxy) is 1. The number of hydrogen-bond acceptors (Lipinski definition) is 5. The van der Waals surface area contributed by atoms with Gasteiger partial charge in [0, 0.05) is 5.56 Å². The fourth-order valence-corrected chi connectivity index (χ4v) is 2.85. The largest absolute Gasteiger partial charge is 0.495 e. The predicted molar refractivity (Wildman–Crippen MR) is 103 cm³/mol. The molecule has 27 heavy (non-hydrogen) atoms. The van der Waals surface area contributed by atoms with Crippen LogP contribution < -0.4 is 10.1 Å². The maximum Gasteiger partial charge on any atom is 0.251 e. The van der Waals surface area contributed by atoms with Crippen molar-refractivity contribution in [3.63, 3.8) is 0 Å². The number of hydrogen-bond donors (Lipinski definition) is 1. The fourth-order valence-electron chi connectivity index (χ4n) is 2.85. The lowest BCUT2D eigenvalue weighted by atomic mass is 10.0. The van der Waals surface area contributed by atoms with E-state index in [1.54, 1.807) is 7.11 Å². The highest BCUT2D eigenvalue weighted by Gasteiger charge is 2.28. The summed E-state index contributed by atoms with van der Waals surface area (Å²) in [6, 6.07) is 14.6. The van der Waals surface area contributed by atoms with Gasteiger partial charge >= 0.3 is 0 Å². The maximum absolute atomic E-state index is 13.0.